The average Bonchev–Trinajstić information content (AvgIpc) is 3.07. The molecule has 3 nitrogen and oxygen atoms in total. The first-order valence-electron chi connectivity index (χ1n) is 9.01. The van der Waals surface area contributed by atoms with Crippen LogP contribution in [0.25, 0.3) is 0 Å². The molecule has 2 N–H and O–H groups in total. The van der Waals surface area contributed by atoms with Gasteiger partial charge in [-0.1, -0.05) is 32.1 Å². The lowest BCUT2D eigenvalue weighted by Gasteiger charge is -2.22. The van der Waals surface area contributed by atoms with Crippen LogP contribution in [0.15, 0.2) is 41.5 Å². The molecule has 124 valence electrons. The molecule has 1 unspecified atom stereocenters. The summed E-state index contributed by atoms with van der Waals surface area (Å²) in [5.74, 6) is 1.19. The van der Waals surface area contributed by atoms with Crippen molar-refractivity contribution in [2.45, 2.75) is 51.5 Å². The van der Waals surface area contributed by atoms with Crippen LogP contribution in [0.3, 0.4) is 0 Å². The standard InChI is InChI=1S/C20H29N3/c1-15(2)5-10-20-19(4-3-12-22-20)16-6-8-17(9-7-16)23-18-11-13-21-14-18/h3,6-9,12,15,18-19,21,23H,4-5,10-11,13-14H2,1-2H3/t18?,19-/m1/s1. The van der Waals surface area contributed by atoms with Gasteiger partial charge in [0.1, 0.15) is 0 Å². The van der Waals surface area contributed by atoms with Crippen molar-refractivity contribution in [3.63, 3.8) is 0 Å². The second-order valence-corrected chi connectivity index (χ2v) is 7.18. The Morgan fingerprint density at radius 3 is 2.78 bits per heavy atom. The highest BCUT2D eigenvalue weighted by atomic mass is 15.0. The van der Waals surface area contributed by atoms with E-state index in [0.29, 0.717) is 12.0 Å². The quantitative estimate of drug-likeness (QED) is 0.820. The lowest BCUT2D eigenvalue weighted by Crippen LogP contribution is -2.22. The molecule has 2 aliphatic rings. The molecule has 1 fully saturated rings. The van der Waals surface area contributed by atoms with Gasteiger partial charge in [-0.05, 0) is 55.8 Å². The third-order valence-corrected chi connectivity index (χ3v) is 4.84. The SMILES string of the molecule is CC(C)CCC1=NC=CC[C@@H]1c1ccc(NC2CCNC2)cc1. The average molecular weight is 311 g/mol. The zero-order valence-corrected chi connectivity index (χ0v) is 14.4. The summed E-state index contributed by atoms with van der Waals surface area (Å²) in [4.78, 5) is 4.68. The predicted molar refractivity (Wildman–Crippen MR) is 99.3 cm³/mol. The van der Waals surface area contributed by atoms with E-state index in [1.54, 1.807) is 0 Å². The maximum atomic E-state index is 4.68. The second kappa shape index (κ2) is 7.78. The molecule has 0 saturated carbocycles. The number of nitrogens with zero attached hydrogens (tertiary/aromatic N) is 1. The van der Waals surface area contributed by atoms with E-state index in [-0.39, 0.29) is 0 Å². The van der Waals surface area contributed by atoms with Gasteiger partial charge in [0.15, 0.2) is 0 Å². The molecule has 23 heavy (non-hydrogen) atoms. The molecular weight excluding hydrogens is 282 g/mol. The minimum atomic E-state index is 0.459. The van der Waals surface area contributed by atoms with Crippen molar-refractivity contribution in [2.24, 2.45) is 10.9 Å². The zero-order chi connectivity index (χ0) is 16.1. The van der Waals surface area contributed by atoms with Crippen LogP contribution in [0, 0.1) is 5.92 Å². The maximum absolute atomic E-state index is 4.68. The molecule has 3 rings (SSSR count). The minimum absolute atomic E-state index is 0.459. The maximum Gasteiger partial charge on any atom is 0.0398 e. The number of benzene rings is 1. The topological polar surface area (TPSA) is 36.4 Å². The van der Waals surface area contributed by atoms with Crippen molar-refractivity contribution in [2.75, 3.05) is 18.4 Å². The van der Waals surface area contributed by atoms with Gasteiger partial charge >= 0.3 is 0 Å². The summed E-state index contributed by atoms with van der Waals surface area (Å²) in [5.41, 5.74) is 3.98. The summed E-state index contributed by atoms with van der Waals surface area (Å²) in [6, 6.07) is 9.58. The van der Waals surface area contributed by atoms with E-state index in [9.17, 15) is 0 Å². The number of allylic oxidation sites excluding steroid dienone is 1. The zero-order valence-electron chi connectivity index (χ0n) is 14.4. The van der Waals surface area contributed by atoms with Gasteiger partial charge in [-0.2, -0.15) is 0 Å². The van der Waals surface area contributed by atoms with Gasteiger partial charge in [-0.3, -0.25) is 4.99 Å². The Kier molecular flexibility index (Phi) is 5.50. The number of aliphatic imine (C=N–C) groups is 1. The van der Waals surface area contributed by atoms with Crippen LogP contribution in [0.5, 0.6) is 0 Å². The third kappa shape index (κ3) is 4.44. The Morgan fingerprint density at radius 1 is 1.26 bits per heavy atom. The summed E-state index contributed by atoms with van der Waals surface area (Å²) in [7, 11) is 0. The Bertz CT molecular complexity index is 551. The number of hydrogen-bond donors (Lipinski definition) is 2. The van der Waals surface area contributed by atoms with Crippen LogP contribution in [0.1, 0.15) is 51.0 Å². The highest BCUT2D eigenvalue weighted by Gasteiger charge is 2.20. The third-order valence-electron chi connectivity index (χ3n) is 4.84. The Balaban J connectivity index is 1.65. The van der Waals surface area contributed by atoms with Gasteiger partial charge in [0, 0.05) is 36.1 Å². The molecule has 1 saturated heterocycles. The summed E-state index contributed by atoms with van der Waals surface area (Å²) < 4.78 is 0. The second-order valence-electron chi connectivity index (χ2n) is 7.18. The molecule has 3 heteroatoms. The Labute approximate surface area is 140 Å². The van der Waals surface area contributed by atoms with Gasteiger partial charge in [0.2, 0.25) is 0 Å². The molecule has 2 aliphatic heterocycles. The number of hydrogen-bond acceptors (Lipinski definition) is 3. The van der Waals surface area contributed by atoms with Gasteiger partial charge in [-0.25, -0.2) is 0 Å². The van der Waals surface area contributed by atoms with E-state index in [0.717, 1.165) is 31.8 Å². The molecule has 0 aliphatic carbocycles. The Morgan fingerprint density at radius 2 is 2.09 bits per heavy atom. The van der Waals surface area contributed by atoms with E-state index < -0.39 is 0 Å². The molecule has 1 aromatic rings. The molecule has 0 radical (unpaired) electrons. The largest absolute Gasteiger partial charge is 0.381 e. The molecule has 0 bridgehead atoms. The van der Waals surface area contributed by atoms with Crippen molar-refractivity contribution in [1.82, 2.24) is 5.32 Å². The van der Waals surface area contributed by atoms with Crippen molar-refractivity contribution in [3.8, 4) is 0 Å². The molecule has 0 aromatic heterocycles. The number of rotatable bonds is 6. The molecule has 0 spiro atoms. The number of anilines is 1. The number of nitrogens with one attached hydrogen (secondary N) is 2. The first-order valence-corrected chi connectivity index (χ1v) is 9.01. The van der Waals surface area contributed by atoms with Crippen molar-refractivity contribution in [3.05, 3.63) is 42.1 Å². The van der Waals surface area contributed by atoms with Crippen molar-refractivity contribution >= 4 is 11.4 Å². The molecule has 2 heterocycles. The first-order chi connectivity index (χ1) is 11.2. The summed E-state index contributed by atoms with van der Waals surface area (Å²) in [5, 5.41) is 7.01. The minimum Gasteiger partial charge on any atom is -0.381 e. The van der Waals surface area contributed by atoms with Crippen LogP contribution < -0.4 is 10.6 Å². The normalized spacial score (nSPS) is 24.0. The van der Waals surface area contributed by atoms with Gasteiger partial charge < -0.3 is 10.6 Å². The van der Waals surface area contributed by atoms with Crippen molar-refractivity contribution < 1.29 is 0 Å². The van der Waals surface area contributed by atoms with Crippen LogP contribution in [-0.2, 0) is 0 Å². The molecular formula is C20H29N3. The van der Waals surface area contributed by atoms with E-state index in [2.05, 4.69) is 59.8 Å². The fraction of sp³-hybridized carbons (Fsp3) is 0.550. The fourth-order valence-corrected chi connectivity index (χ4v) is 3.40. The van der Waals surface area contributed by atoms with Gasteiger partial charge in [-0.15, -0.1) is 0 Å². The van der Waals surface area contributed by atoms with Gasteiger partial charge in [0.25, 0.3) is 0 Å². The van der Waals surface area contributed by atoms with Crippen LogP contribution >= 0.6 is 0 Å². The highest BCUT2D eigenvalue weighted by Crippen LogP contribution is 2.29. The summed E-state index contributed by atoms with van der Waals surface area (Å²) >= 11 is 0. The van der Waals surface area contributed by atoms with Crippen molar-refractivity contribution in [1.29, 1.82) is 0 Å². The lowest BCUT2D eigenvalue weighted by atomic mass is 9.86. The van der Waals surface area contributed by atoms with E-state index in [4.69, 9.17) is 0 Å². The van der Waals surface area contributed by atoms with E-state index in [1.165, 1.54) is 29.8 Å². The predicted octanol–water partition coefficient (Wildman–Crippen LogP) is 4.34. The van der Waals surface area contributed by atoms with Gasteiger partial charge in [0.05, 0.1) is 0 Å². The monoisotopic (exact) mass is 311 g/mol. The summed E-state index contributed by atoms with van der Waals surface area (Å²) in [6.45, 7) is 6.76. The molecule has 1 aromatic carbocycles. The van der Waals surface area contributed by atoms with Crippen LogP contribution in [0.4, 0.5) is 5.69 Å². The lowest BCUT2D eigenvalue weighted by molar-refractivity contribution is 0.597. The van der Waals surface area contributed by atoms with Crippen LogP contribution in [0.2, 0.25) is 0 Å². The Hall–Kier alpha value is -1.61. The van der Waals surface area contributed by atoms with E-state index in [1.807, 2.05) is 6.20 Å². The smallest absolute Gasteiger partial charge is 0.0398 e. The molecule has 2 atom stereocenters. The highest BCUT2D eigenvalue weighted by molar-refractivity contribution is 5.92. The van der Waals surface area contributed by atoms with E-state index >= 15 is 0 Å². The van der Waals surface area contributed by atoms with Crippen LogP contribution in [-0.4, -0.2) is 24.8 Å². The fourth-order valence-electron chi connectivity index (χ4n) is 3.40. The molecule has 0 amide bonds. The summed E-state index contributed by atoms with van der Waals surface area (Å²) in [6.07, 6.45) is 8.80. The first kappa shape index (κ1) is 16.3.